The Labute approximate surface area is 163 Å². The van der Waals surface area contributed by atoms with E-state index in [2.05, 4.69) is 10.3 Å². The van der Waals surface area contributed by atoms with Crippen molar-refractivity contribution in [3.63, 3.8) is 0 Å². The summed E-state index contributed by atoms with van der Waals surface area (Å²) in [6.07, 6.45) is 3.08. The minimum atomic E-state index is -1.14. The van der Waals surface area contributed by atoms with Crippen molar-refractivity contribution in [2.75, 3.05) is 0 Å². The number of amides is 1. The van der Waals surface area contributed by atoms with Crippen LogP contribution in [0, 0.1) is 0 Å². The standard InChI is InChI=1S/C18H14N4O5S/c23-15(27-9-11-4-2-1-3-5-11)8-21-7-12(19-20-21)6-13-16(24)22-14(18(25)26)10-28-17(13)22/h1-7,10,17H,8-9H2,(H,25,26)/b13-6+/t17-/m1/s1. The molecule has 0 bridgehead atoms. The maximum Gasteiger partial charge on any atom is 0.353 e. The first-order chi connectivity index (χ1) is 13.5. The quantitative estimate of drug-likeness (QED) is 0.439. The third-order valence-corrected chi connectivity index (χ3v) is 5.23. The molecule has 1 N–H and O–H groups in total. The summed E-state index contributed by atoms with van der Waals surface area (Å²) in [4.78, 5) is 36.4. The maximum absolute atomic E-state index is 12.2. The number of aromatic nitrogens is 3. The number of carbonyl (C=O) groups is 3. The SMILES string of the molecule is O=C(Cn1cc(/C=C2\C(=O)N3C(C(=O)O)=CS[C@H]23)nn1)OCc1ccccc1. The van der Waals surface area contributed by atoms with E-state index in [1.807, 2.05) is 30.3 Å². The molecule has 4 rings (SSSR count). The van der Waals surface area contributed by atoms with E-state index < -0.39 is 11.9 Å². The third-order valence-electron chi connectivity index (χ3n) is 4.15. The molecule has 2 aliphatic rings. The zero-order valence-electron chi connectivity index (χ0n) is 14.4. The first-order valence-corrected chi connectivity index (χ1v) is 9.21. The van der Waals surface area contributed by atoms with Gasteiger partial charge in [0.15, 0.2) is 0 Å². The van der Waals surface area contributed by atoms with Gasteiger partial charge >= 0.3 is 11.9 Å². The fourth-order valence-corrected chi connectivity index (χ4v) is 3.92. The molecule has 10 heteroatoms. The Hall–Kier alpha value is -3.40. The molecule has 2 aromatic rings. The highest BCUT2D eigenvalue weighted by molar-refractivity contribution is 8.03. The lowest BCUT2D eigenvalue weighted by Gasteiger charge is -2.36. The van der Waals surface area contributed by atoms with Gasteiger partial charge in [-0.25, -0.2) is 9.48 Å². The molecule has 1 amide bonds. The van der Waals surface area contributed by atoms with Gasteiger partial charge in [0, 0.05) is 5.41 Å². The minimum Gasteiger partial charge on any atom is -0.477 e. The second kappa shape index (κ2) is 7.31. The van der Waals surface area contributed by atoms with Crippen LogP contribution in [0.2, 0.25) is 0 Å². The van der Waals surface area contributed by atoms with Gasteiger partial charge in [-0.05, 0) is 11.6 Å². The zero-order valence-corrected chi connectivity index (χ0v) is 15.2. The largest absolute Gasteiger partial charge is 0.477 e. The molecular weight excluding hydrogens is 384 g/mol. The summed E-state index contributed by atoms with van der Waals surface area (Å²) < 4.78 is 6.52. The highest BCUT2D eigenvalue weighted by atomic mass is 32.2. The van der Waals surface area contributed by atoms with Gasteiger partial charge in [0.2, 0.25) is 0 Å². The van der Waals surface area contributed by atoms with Crippen LogP contribution >= 0.6 is 11.8 Å². The number of rotatable bonds is 6. The molecule has 1 aromatic heterocycles. The number of esters is 1. The summed E-state index contributed by atoms with van der Waals surface area (Å²) >= 11 is 1.25. The minimum absolute atomic E-state index is 0.0260. The highest BCUT2D eigenvalue weighted by Crippen LogP contribution is 2.44. The summed E-state index contributed by atoms with van der Waals surface area (Å²) in [5.74, 6) is -1.97. The van der Waals surface area contributed by atoms with E-state index in [9.17, 15) is 14.4 Å². The van der Waals surface area contributed by atoms with Gasteiger partial charge in [0.25, 0.3) is 5.91 Å². The number of carbonyl (C=O) groups excluding carboxylic acids is 2. The van der Waals surface area contributed by atoms with E-state index >= 15 is 0 Å². The van der Waals surface area contributed by atoms with Gasteiger partial charge in [0.1, 0.15) is 29.9 Å². The Bertz CT molecular complexity index is 1010. The molecule has 0 saturated carbocycles. The molecule has 142 valence electrons. The van der Waals surface area contributed by atoms with Crippen molar-refractivity contribution in [1.82, 2.24) is 19.9 Å². The lowest BCUT2D eigenvalue weighted by atomic mass is 10.0. The van der Waals surface area contributed by atoms with Crippen molar-refractivity contribution in [3.05, 3.63) is 64.5 Å². The van der Waals surface area contributed by atoms with Gasteiger partial charge in [0.05, 0.1) is 11.8 Å². The molecular formula is C18H14N4O5S. The number of hydrogen-bond donors (Lipinski definition) is 1. The fraction of sp³-hybridized carbons (Fsp3) is 0.167. The van der Waals surface area contributed by atoms with Crippen LogP contribution < -0.4 is 0 Å². The number of hydrogen-bond acceptors (Lipinski definition) is 7. The molecule has 0 aliphatic carbocycles. The Morgan fingerprint density at radius 3 is 2.82 bits per heavy atom. The number of benzene rings is 1. The molecule has 0 spiro atoms. The van der Waals surface area contributed by atoms with Crippen molar-refractivity contribution >= 4 is 35.7 Å². The zero-order chi connectivity index (χ0) is 19.7. The van der Waals surface area contributed by atoms with Gasteiger partial charge in [-0.2, -0.15) is 0 Å². The Morgan fingerprint density at radius 2 is 2.07 bits per heavy atom. The second-order valence-electron chi connectivity index (χ2n) is 6.06. The number of carboxylic acid groups (broad SMARTS) is 1. The van der Waals surface area contributed by atoms with Crippen molar-refractivity contribution in [3.8, 4) is 0 Å². The molecule has 9 nitrogen and oxygen atoms in total. The first-order valence-electron chi connectivity index (χ1n) is 8.26. The van der Waals surface area contributed by atoms with Crippen LogP contribution in [0.1, 0.15) is 11.3 Å². The predicted molar refractivity (Wildman–Crippen MR) is 98.2 cm³/mol. The molecule has 3 heterocycles. The predicted octanol–water partition coefficient (Wildman–Crippen LogP) is 1.25. The summed E-state index contributed by atoms with van der Waals surface area (Å²) in [5.41, 5.74) is 1.71. The van der Waals surface area contributed by atoms with E-state index in [1.165, 1.54) is 32.9 Å². The Kier molecular flexibility index (Phi) is 4.70. The Morgan fingerprint density at radius 1 is 1.29 bits per heavy atom. The summed E-state index contributed by atoms with van der Waals surface area (Å²) in [7, 11) is 0. The van der Waals surface area contributed by atoms with Crippen molar-refractivity contribution in [1.29, 1.82) is 0 Å². The number of nitrogens with zero attached hydrogens (tertiary/aromatic N) is 4. The van der Waals surface area contributed by atoms with Crippen molar-refractivity contribution < 1.29 is 24.2 Å². The number of ether oxygens (including phenoxy) is 1. The molecule has 2 aliphatic heterocycles. The van der Waals surface area contributed by atoms with E-state index in [0.29, 0.717) is 11.3 Å². The van der Waals surface area contributed by atoms with Gasteiger partial charge in [-0.1, -0.05) is 35.5 Å². The topological polar surface area (TPSA) is 115 Å². The number of carboxylic acids is 1. The summed E-state index contributed by atoms with van der Waals surface area (Å²) in [5, 5.41) is 17.9. The monoisotopic (exact) mass is 398 g/mol. The molecule has 0 radical (unpaired) electrons. The second-order valence-corrected chi connectivity index (χ2v) is 7.01. The van der Waals surface area contributed by atoms with Gasteiger partial charge < -0.3 is 9.84 Å². The van der Waals surface area contributed by atoms with Crippen LogP contribution in [-0.2, 0) is 32.3 Å². The number of thioether (sulfide) groups is 1. The first kappa shape index (κ1) is 18.0. The summed E-state index contributed by atoms with van der Waals surface area (Å²) in [6.45, 7) is 0.0689. The van der Waals surface area contributed by atoms with Gasteiger partial charge in [-0.3, -0.25) is 14.5 Å². The lowest BCUT2D eigenvalue weighted by Crippen LogP contribution is -2.51. The number of β-lactam (4-membered cyclic amide) rings is 1. The number of fused-ring (bicyclic) bond motifs is 1. The van der Waals surface area contributed by atoms with Gasteiger partial charge in [-0.15, -0.1) is 16.9 Å². The smallest absolute Gasteiger partial charge is 0.353 e. The normalized spacial score (nSPS) is 19.2. The maximum atomic E-state index is 12.2. The molecule has 28 heavy (non-hydrogen) atoms. The van der Waals surface area contributed by atoms with E-state index in [4.69, 9.17) is 9.84 Å². The lowest BCUT2D eigenvalue weighted by molar-refractivity contribution is -0.146. The molecule has 1 saturated heterocycles. The van der Waals surface area contributed by atoms with Crippen molar-refractivity contribution in [2.24, 2.45) is 0 Å². The molecule has 1 atom stereocenters. The van der Waals surface area contributed by atoms with Crippen LogP contribution in [0.4, 0.5) is 0 Å². The van der Waals surface area contributed by atoms with E-state index in [1.54, 1.807) is 6.08 Å². The summed E-state index contributed by atoms with van der Waals surface area (Å²) in [6, 6.07) is 9.32. The van der Waals surface area contributed by atoms with Crippen LogP contribution in [0.5, 0.6) is 0 Å². The van der Waals surface area contributed by atoms with Crippen LogP contribution in [0.25, 0.3) is 6.08 Å². The average Bonchev–Trinajstić information content (AvgIpc) is 3.30. The van der Waals surface area contributed by atoms with Crippen LogP contribution in [-0.4, -0.2) is 48.2 Å². The Balaban J connectivity index is 1.35. The van der Waals surface area contributed by atoms with Crippen molar-refractivity contribution in [2.45, 2.75) is 18.5 Å². The molecule has 0 unspecified atom stereocenters. The average molecular weight is 398 g/mol. The third kappa shape index (κ3) is 3.41. The highest BCUT2D eigenvalue weighted by Gasteiger charge is 2.49. The number of aliphatic carboxylic acids is 1. The van der Waals surface area contributed by atoms with Crippen LogP contribution in [0.15, 0.2) is 53.2 Å². The van der Waals surface area contributed by atoms with Crippen LogP contribution in [0.3, 0.4) is 0 Å². The fourth-order valence-electron chi connectivity index (χ4n) is 2.80. The van der Waals surface area contributed by atoms with E-state index in [-0.39, 0.29) is 30.1 Å². The van der Waals surface area contributed by atoms with E-state index in [0.717, 1.165) is 5.56 Å². The molecule has 1 fully saturated rings. The molecule has 1 aromatic carbocycles.